The van der Waals surface area contributed by atoms with Crippen molar-refractivity contribution in [3.63, 3.8) is 0 Å². The summed E-state index contributed by atoms with van der Waals surface area (Å²) in [5, 5.41) is 3.73. The first-order chi connectivity index (χ1) is 15.2. The predicted molar refractivity (Wildman–Crippen MR) is 108 cm³/mol. The summed E-state index contributed by atoms with van der Waals surface area (Å²) in [7, 11) is 1.54. The molecule has 0 saturated heterocycles. The number of alkyl halides is 3. The van der Waals surface area contributed by atoms with Crippen molar-refractivity contribution in [2.24, 2.45) is 0 Å². The average molecular weight is 447 g/mol. The Hall–Kier alpha value is -3.47. The second-order valence-corrected chi connectivity index (χ2v) is 7.29. The van der Waals surface area contributed by atoms with Crippen molar-refractivity contribution >= 4 is 11.6 Å². The number of fused-ring (bicyclic) bond motifs is 1. The van der Waals surface area contributed by atoms with E-state index < -0.39 is 18.6 Å². The van der Waals surface area contributed by atoms with Crippen LogP contribution in [0.2, 0.25) is 0 Å². The molecule has 0 fully saturated rings. The lowest BCUT2D eigenvalue weighted by Crippen LogP contribution is -2.36. The minimum Gasteiger partial charge on any atom is -0.495 e. The van der Waals surface area contributed by atoms with Gasteiger partial charge in [0, 0.05) is 24.4 Å². The van der Waals surface area contributed by atoms with Crippen LogP contribution in [-0.2, 0) is 17.7 Å². The largest absolute Gasteiger partial charge is 0.495 e. The molecule has 168 valence electrons. The van der Waals surface area contributed by atoms with Crippen LogP contribution in [0, 0.1) is 6.92 Å². The summed E-state index contributed by atoms with van der Waals surface area (Å²) < 4.78 is 49.6. The smallest absolute Gasteiger partial charge is 0.408 e. The minimum atomic E-state index is -4.42. The Balaban J connectivity index is 1.70. The molecule has 32 heavy (non-hydrogen) atoms. The van der Waals surface area contributed by atoms with E-state index in [1.54, 1.807) is 38.6 Å². The van der Waals surface area contributed by atoms with E-state index in [0.29, 0.717) is 41.3 Å². The van der Waals surface area contributed by atoms with Gasteiger partial charge in [0.15, 0.2) is 0 Å². The normalized spacial score (nSPS) is 14.7. The Labute approximate surface area is 181 Å². The third-order valence-corrected chi connectivity index (χ3v) is 4.97. The molecule has 3 aromatic heterocycles. The van der Waals surface area contributed by atoms with Gasteiger partial charge in [-0.15, -0.1) is 0 Å². The zero-order valence-electron chi connectivity index (χ0n) is 17.4. The Morgan fingerprint density at radius 1 is 1.22 bits per heavy atom. The van der Waals surface area contributed by atoms with Crippen molar-refractivity contribution in [1.82, 2.24) is 19.7 Å². The fraction of sp³-hybridized carbons (Fsp3) is 0.333. The van der Waals surface area contributed by atoms with Crippen LogP contribution in [0.3, 0.4) is 0 Å². The van der Waals surface area contributed by atoms with Crippen molar-refractivity contribution in [3.05, 3.63) is 53.7 Å². The molecule has 0 saturated carbocycles. The third-order valence-electron chi connectivity index (χ3n) is 4.97. The molecule has 0 radical (unpaired) electrons. The molecule has 1 amide bonds. The molecule has 0 atom stereocenters. The first-order valence-electron chi connectivity index (χ1n) is 9.74. The highest BCUT2D eigenvalue weighted by molar-refractivity contribution is 6.07. The number of nitrogens with zero attached hydrogens (tertiary/aromatic N) is 5. The summed E-state index contributed by atoms with van der Waals surface area (Å²) in [6.07, 6.45) is 1.62. The molecule has 0 aromatic carbocycles. The molecule has 1 aliphatic rings. The highest BCUT2D eigenvalue weighted by atomic mass is 19.4. The van der Waals surface area contributed by atoms with E-state index in [1.807, 2.05) is 0 Å². The SMILES string of the molecule is COc1cncc(-c2cc(C)c3c(n2)CCOCN(c2cnn(CC(F)(F)F)c2)C3=O)c1. The van der Waals surface area contributed by atoms with Crippen LogP contribution in [0.5, 0.6) is 5.75 Å². The number of aryl methyl sites for hydroxylation is 1. The van der Waals surface area contributed by atoms with Gasteiger partial charge < -0.3 is 9.47 Å². The number of amides is 1. The average Bonchev–Trinajstić information content (AvgIpc) is 3.17. The molecule has 0 unspecified atom stereocenters. The summed E-state index contributed by atoms with van der Waals surface area (Å²) in [6, 6.07) is 3.57. The topological polar surface area (TPSA) is 82.4 Å². The number of anilines is 1. The van der Waals surface area contributed by atoms with Gasteiger partial charge in [0.05, 0.1) is 48.7 Å². The highest BCUT2D eigenvalue weighted by Gasteiger charge is 2.30. The van der Waals surface area contributed by atoms with Gasteiger partial charge in [-0.2, -0.15) is 18.3 Å². The quantitative estimate of drug-likeness (QED) is 0.610. The van der Waals surface area contributed by atoms with Crippen LogP contribution in [0.1, 0.15) is 21.6 Å². The van der Waals surface area contributed by atoms with Crippen LogP contribution in [0.25, 0.3) is 11.3 Å². The first kappa shape index (κ1) is 21.8. The van der Waals surface area contributed by atoms with E-state index in [-0.39, 0.29) is 12.4 Å². The van der Waals surface area contributed by atoms with Crippen molar-refractivity contribution in [2.75, 3.05) is 25.3 Å². The number of hydrogen-bond acceptors (Lipinski definition) is 6. The van der Waals surface area contributed by atoms with Gasteiger partial charge in [0.2, 0.25) is 0 Å². The summed E-state index contributed by atoms with van der Waals surface area (Å²) in [5.74, 6) is 0.168. The zero-order valence-corrected chi connectivity index (χ0v) is 17.4. The van der Waals surface area contributed by atoms with E-state index >= 15 is 0 Å². The molecule has 11 heteroatoms. The van der Waals surface area contributed by atoms with E-state index in [1.165, 1.54) is 17.3 Å². The summed E-state index contributed by atoms with van der Waals surface area (Å²) in [5.41, 5.74) is 3.21. The monoisotopic (exact) mass is 447 g/mol. The number of rotatable bonds is 4. The molecule has 1 aliphatic heterocycles. The molecular formula is C21H20F3N5O3. The maximum absolute atomic E-state index is 13.4. The molecule has 0 N–H and O–H groups in total. The number of carbonyl (C=O) groups excluding carboxylic acids is 1. The second-order valence-electron chi connectivity index (χ2n) is 7.29. The lowest BCUT2D eigenvalue weighted by molar-refractivity contribution is -0.142. The Morgan fingerprint density at radius 3 is 2.78 bits per heavy atom. The van der Waals surface area contributed by atoms with Gasteiger partial charge in [0.1, 0.15) is 19.0 Å². The predicted octanol–water partition coefficient (Wildman–Crippen LogP) is 3.40. The summed E-state index contributed by atoms with van der Waals surface area (Å²) >= 11 is 0. The number of methoxy groups -OCH3 is 1. The number of ether oxygens (including phenoxy) is 2. The van der Waals surface area contributed by atoms with E-state index in [9.17, 15) is 18.0 Å². The van der Waals surface area contributed by atoms with Crippen LogP contribution in [0.4, 0.5) is 18.9 Å². The van der Waals surface area contributed by atoms with Crippen molar-refractivity contribution in [2.45, 2.75) is 26.1 Å². The van der Waals surface area contributed by atoms with Gasteiger partial charge in [-0.3, -0.25) is 24.3 Å². The van der Waals surface area contributed by atoms with Crippen molar-refractivity contribution in [3.8, 4) is 17.0 Å². The number of aromatic nitrogens is 4. The van der Waals surface area contributed by atoms with Gasteiger partial charge in [0.25, 0.3) is 5.91 Å². The first-order valence-corrected chi connectivity index (χ1v) is 9.74. The fourth-order valence-corrected chi connectivity index (χ4v) is 3.50. The second kappa shape index (κ2) is 8.58. The lowest BCUT2D eigenvalue weighted by atomic mass is 10.0. The highest BCUT2D eigenvalue weighted by Crippen LogP contribution is 2.28. The van der Waals surface area contributed by atoms with Crippen LogP contribution < -0.4 is 9.64 Å². The number of pyridine rings is 2. The van der Waals surface area contributed by atoms with E-state index in [4.69, 9.17) is 9.47 Å². The van der Waals surface area contributed by atoms with Crippen molar-refractivity contribution < 1.29 is 27.4 Å². The van der Waals surface area contributed by atoms with Crippen molar-refractivity contribution in [1.29, 1.82) is 0 Å². The van der Waals surface area contributed by atoms with Crippen LogP contribution >= 0.6 is 0 Å². The maximum atomic E-state index is 13.4. The maximum Gasteiger partial charge on any atom is 0.408 e. The lowest BCUT2D eigenvalue weighted by Gasteiger charge is -2.26. The molecule has 4 rings (SSSR count). The standard InChI is InChI=1S/C21H20F3N5O3/c1-13-5-18(14-6-16(31-2)9-25-7-14)27-17-3-4-32-12-29(20(30)19(13)17)15-8-26-28(10-15)11-21(22,23)24/h5-10H,3-4,11-12H2,1-2H3. The number of hydrogen-bond donors (Lipinski definition) is 0. The van der Waals surface area contributed by atoms with Gasteiger partial charge >= 0.3 is 6.18 Å². The third kappa shape index (κ3) is 4.57. The Bertz CT molecular complexity index is 1150. The molecule has 0 aliphatic carbocycles. The summed E-state index contributed by atoms with van der Waals surface area (Å²) in [4.78, 5) is 23.4. The molecule has 3 aromatic rings. The van der Waals surface area contributed by atoms with E-state index in [0.717, 1.165) is 10.2 Å². The van der Waals surface area contributed by atoms with Gasteiger partial charge in [-0.05, 0) is 24.6 Å². The fourth-order valence-electron chi connectivity index (χ4n) is 3.50. The molecular weight excluding hydrogens is 427 g/mol. The number of carbonyl (C=O) groups is 1. The van der Waals surface area contributed by atoms with Crippen LogP contribution in [0.15, 0.2) is 36.9 Å². The van der Waals surface area contributed by atoms with Gasteiger partial charge in [-0.25, -0.2) is 0 Å². The molecule has 0 bridgehead atoms. The zero-order chi connectivity index (χ0) is 22.9. The molecule has 0 spiro atoms. The number of halogens is 3. The summed E-state index contributed by atoms with van der Waals surface area (Å²) in [6.45, 7) is 0.741. The Kier molecular flexibility index (Phi) is 5.83. The van der Waals surface area contributed by atoms with E-state index in [2.05, 4.69) is 15.1 Å². The minimum absolute atomic E-state index is 0.100. The Morgan fingerprint density at radius 2 is 2.03 bits per heavy atom. The van der Waals surface area contributed by atoms with Crippen LogP contribution in [-0.4, -0.2) is 52.3 Å². The molecule has 4 heterocycles. The molecule has 8 nitrogen and oxygen atoms in total. The van der Waals surface area contributed by atoms with Gasteiger partial charge in [-0.1, -0.05) is 0 Å².